The van der Waals surface area contributed by atoms with Crippen LogP contribution in [-0.2, 0) is 16.0 Å². The molecule has 140 valence electrons. The Morgan fingerprint density at radius 1 is 1.31 bits per heavy atom. The average molecular weight is 358 g/mol. The number of H-pyrrole nitrogens is 1. The molecule has 1 heterocycles. The van der Waals surface area contributed by atoms with Crippen LogP contribution in [0, 0.1) is 5.92 Å². The number of alkyl carbamates (subject to hydrolysis) is 1. The predicted octanol–water partition coefficient (Wildman–Crippen LogP) is 3.86. The average Bonchev–Trinajstić information content (AvgIpc) is 2.99. The van der Waals surface area contributed by atoms with Gasteiger partial charge in [0.1, 0.15) is 11.6 Å². The predicted molar refractivity (Wildman–Crippen MR) is 99.1 cm³/mol. The maximum Gasteiger partial charge on any atom is 0.408 e. The Balaban J connectivity index is 1.72. The van der Waals surface area contributed by atoms with E-state index in [9.17, 15) is 14.7 Å². The molecule has 1 aromatic carbocycles. The lowest BCUT2D eigenvalue weighted by molar-refractivity contribution is -0.144. The summed E-state index contributed by atoms with van der Waals surface area (Å²) in [7, 11) is 0. The van der Waals surface area contributed by atoms with Gasteiger partial charge in [-0.25, -0.2) is 9.59 Å². The maximum atomic E-state index is 12.4. The first-order valence-electron chi connectivity index (χ1n) is 9.16. The fourth-order valence-electron chi connectivity index (χ4n) is 3.68. The molecule has 3 rings (SSSR count). The van der Waals surface area contributed by atoms with Gasteiger partial charge in [0, 0.05) is 23.5 Å². The van der Waals surface area contributed by atoms with Gasteiger partial charge >= 0.3 is 12.1 Å². The summed E-state index contributed by atoms with van der Waals surface area (Å²) < 4.78 is 5.53. The number of benzene rings is 1. The summed E-state index contributed by atoms with van der Waals surface area (Å²) in [5, 5.41) is 13.3. The number of carbonyl (C=O) groups is 2. The van der Waals surface area contributed by atoms with Gasteiger partial charge in [0.15, 0.2) is 0 Å². The second-order valence-electron chi connectivity index (χ2n) is 7.50. The molecule has 0 saturated heterocycles. The Labute approximate surface area is 152 Å². The molecule has 0 unspecified atom stereocenters. The van der Waals surface area contributed by atoms with E-state index in [0.717, 1.165) is 42.1 Å². The van der Waals surface area contributed by atoms with Crippen LogP contribution in [0.25, 0.3) is 10.9 Å². The molecule has 1 aliphatic carbocycles. The van der Waals surface area contributed by atoms with Crippen molar-refractivity contribution in [2.24, 2.45) is 5.92 Å². The molecule has 1 aliphatic rings. The van der Waals surface area contributed by atoms with Crippen molar-refractivity contribution in [1.29, 1.82) is 0 Å². The van der Waals surface area contributed by atoms with E-state index in [4.69, 9.17) is 4.74 Å². The Bertz CT molecular complexity index is 800. The number of hydrogen-bond donors (Lipinski definition) is 3. The fourth-order valence-corrected chi connectivity index (χ4v) is 3.68. The van der Waals surface area contributed by atoms with Gasteiger partial charge in [-0.2, -0.15) is 0 Å². The van der Waals surface area contributed by atoms with Crippen LogP contribution in [0.15, 0.2) is 30.5 Å². The summed E-state index contributed by atoms with van der Waals surface area (Å²) >= 11 is 0. The molecule has 1 amide bonds. The van der Waals surface area contributed by atoms with Gasteiger partial charge in [0.25, 0.3) is 0 Å². The van der Waals surface area contributed by atoms with Gasteiger partial charge in [-0.1, -0.05) is 31.5 Å². The monoisotopic (exact) mass is 358 g/mol. The van der Waals surface area contributed by atoms with Gasteiger partial charge in [0.2, 0.25) is 0 Å². The number of carboxylic acids is 1. The van der Waals surface area contributed by atoms with Crippen LogP contribution >= 0.6 is 0 Å². The van der Waals surface area contributed by atoms with E-state index in [2.05, 4.69) is 17.2 Å². The molecule has 3 atom stereocenters. The summed E-state index contributed by atoms with van der Waals surface area (Å²) in [6, 6.07) is 7.69. The van der Waals surface area contributed by atoms with Crippen molar-refractivity contribution < 1.29 is 19.4 Å². The molecule has 6 nitrogen and oxygen atoms in total. The number of amides is 1. The minimum atomic E-state index is -1.44. The van der Waals surface area contributed by atoms with Crippen molar-refractivity contribution in [2.45, 2.75) is 57.6 Å². The van der Waals surface area contributed by atoms with Crippen molar-refractivity contribution >= 4 is 23.0 Å². The molecule has 0 radical (unpaired) electrons. The van der Waals surface area contributed by atoms with E-state index in [1.807, 2.05) is 24.3 Å². The number of ether oxygens (including phenoxy) is 1. The van der Waals surface area contributed by atoms with E-state index in [1.165, 1.54) is 6.92 Å². The van der Waals surface area contributed by atoms with Crippen molar-refractivity contribution in [1.82, 2.24) is 10.3 Å². The maximum absolute atomic E-state index is 12.4. The van der Waals surface area contributed by atoms with Crippen molar-refractivity contribution in [3.8, 4) is 0 Å². The third-order valence-electron chi connectivity index (χ3n) is 5.36. The molecule has 1 saturated carbocycles. The van der Waals surface area contributed by atoms with Crippen LogP contribution in [0.3, 0.4) is 0 Å². The second-order valence-corrected chi connectivity index (χ2v) is 7.50. The molecule has 0 bridgehead atoms. The summed E-state index contributed by atoms with van der Waals surface area (Å²) in [5.41, 5.74) is 0.339. The number of carboxylic acid groups (broad SMARTS) is 1. The molecule has 2 aromatic rings. The lowest BCUT2D eigenvalue weighted by Crippen LogP contribution is -2.54. The lowest BCUT2D eigenvalue weighted by atomic mass is 9.88. The Morgan fingerprint density at radius 2 is 2.04 bits per heavy atom. The highest BCUT2D eigenvalue weighted by atomic mass is 16.6. The van der Waals surface area contributed by atoms with Crippen LogP contribution in [0.1, 0.15) is 45.1 Å². The Morgan fingerprint density at radius 3 is 2.77 bits per heavy atom. The van der Waals surface area contributed by atoms with E-state index >= 15 is 0 Å². The quantitative estimate of drug-likeness (QED) is 0.757. The highest BCUT2D eigenvalue weighted by Gasteiger charge is 2.37. The first-order valence-corrected chi connectivity index (χ1v) is 9.16. The van der Waals surface area contributed by atoms with Gasteiger partial charge in [0.05, 0.1) is 0 Å². The third-order valence-corrected chi connectivity index (χ3v) is 5.36. The molecular formula is C20H26N2O4. The molecule has 0 aliphatic heterocycles. The number of aromatic nitrogens is 1. The topological polar surface area (TPSA) is 91.4 Å². The zero-order chi connectivity index (χ0) is 18.7. The van der Waals surface area contributed by atoms with E-state index in [-0.39, 0.29) is 12.5 Å². The molecule has 3 N–H and O–H groups in total. The van der Waals surface area contributed by atoms with Crippen LogP contribution in [0.4, 0.5) is 4.79 Å². The first kappa shape index (κ1) is 18.3. The van der Waals surface area contributed by atoms with E-state index in [0.29, 0.717) is 5.92 Å². The largest absolute Gasteiger partial charge is 0.480 e. The number of aromatic amines is 1. The summed E-state index contributed by atoms with van der Waals surface area (Å²) in [4.78, 5) is 27.4. The molecule has 6 heteroatoms. The number of carbonyl (C=O) groups excluding carboxylic acids is 1. The molecular weight excluding hydrogens is 332 g/mol. The number of aliphatic carboxylic acids is 1. The molecule has 26 heavy (non-hydrogen) atoms. The first-order chi connectivity index (χ1) is 12.4. The van der Waals surface area contributed by atoms with Crippen LogP contribution in [0.2, 0.25) is 0 Å². The Kier molecular flexibility index (Phi) is 5.20. The van der Waals surface area contributed by atoms with Gasteiger partial charge in [-0.15, -0.1) is 0 Å². The van der Waals surface area contributed by atoms with E-state index in [1.54, 1.807) is 6.20 Å². The second kappa shape index (κ2) is 7.40. The standard InChI is InChI=1S/C20H26N2O4/c1-13-7-3-6-10-17(13)26-19(25)22-20(2,18(23)24)11-14-12-21-16-9-5-4-8-15(14)16/h4-5,8-9,12-13,17,21H,3,6-7,10-11H2,1-2H3,(H,22,25)(H,23,24)/t13-,17-,20-/m0/s1. The smallest absolute Gasteiger partial charge is 0.408 e. The van der Waals surface area contributed by atoms with Gasteiger partial charge in [-0.05, 0) is 43.7 Å². The Hall–Kier alpha value is -2.50. The van der Waals surface area contributed by atoms with Crippen molar-refractivity contribution in [2.75, 3.05) is 0 Å². The summed E-state index contributed by atoms with van der Waals surface area (Å²) in [6.07, 6.45) is 5.21. The normalized spacial score (nSPS) is 22.5. The van der Waals surface area contributed by atoms with Gasteiger partial charge < -0.3 is 20.1 Å². The molecule has 1 aromatic heterocycles. The SMILES string of the molecule is C[C@H]1CCCC[C@@H]1OC(=O)N[C@@](C)(Cc1c[nH]c2ccccc12)C(=O)O. The highest BCUT2D eigenvalue weighted by Crippen LogP contribution is 2.27. The van der Waals surface area contributed by atoms with E-state index < -0.39 is 17.6 Å². The minimum absolute atomic E-state index is 0.144. The number of para-hydroxylation sites is 1. The molecule has 1 fully saturated rings. The van der Waals surface area contributed by atoms with Crippen LogP contribution in [-0.4, -0.2) is 33.8 Å². The van der Waals surface area contributed by atoms with Crippen LogP contribution in [0.5, 0.6) is 0 Å². The number of rotatable bonds is 5. The zero-order valence-electron chi connectivity index (χ0n) is 15.2. The lowest BCUT2D eigenvalue weighted by Gasteiger charge is -2.31. The minimum Gasteiger partial charge on any atom is -0.480 e. The summed E-state index contributed by atoms with van der Waals surface area (Å²) in [5.74, 6) is -0.782. The fraction of sp³-hybridized carbons (Fsp3) is 0.500. The van der Waals surface area contributed by atoms with Gasteiger partial charge in [-0.3, -0.25) is 0 Å². The zero-order valence-corrected chi connectivity index (χ0v) is 15.2. The van der Waals surface area contributed by atoms with Crippen molar-refractivity contribution in [3.63, 3.8) is 0 Å². The molecule has 0 spiro atoms. The number of fused-ring (bicyclic) bond motifs is 1. The van der Waals surface area contributed by atoms with Crippen molar-refractivity contribution in [3.05, 3.63) is 36.0 Å². The third kappa shape index (κ3) is 3.84. The highest BCUT2D eigenvalue weighted by molar-refractivity contribution is 5.87. The number of hydrogen-bond acceptors (Lipinski definition) is 3. The number of nitrogens with one attached hydrogen (secondary N) is 2. The van der Waals surface area contributed by atoms with Crippen LogP contribution < -0.4 is 5.32 Å². The summed E-state index contributed by atoms with van der Waals surface area (Å²) in [6.45, 7) is 3.59.